The summed E-state index contributed by atoms with van der Waals surface area (Å²) in [6, 6.07) is 17.8. The minimum atomic E-state index is -0.373. The van der Waals surface area contributed by atoms with Crippen molar-refractivity contribution in [1.82, 2.24) is 19.2 Å². The van der Waals surface area contributed by atoms with Gasteiger partial charge in [-0.1, -0.05) is 50.2 Å². The lowest BCUT2D eigenvalue weighted by molar-refractivity contribution is -0.117. The first-order valence-corrected chi connectivity index (χ1v) is 11.6. The van der Waals surface area contributed by atoms with Crippen molar-refractivity contribution in [1.29, 1.82) is 0 Å². The van der Waals surface area contributed by atoms with Gasteiger partial charge in [-0.3, -0.25) is 4.79 Å². The predicted octanol–water partition coefficient (Wildman–Crippen LogP) is 3.52. The summed E-state index contributed by atoms with van der Waals surface area (Å²) in [5.74, 6) is 0.615. The molecule has 2 aromatic heterocycles. The Bertz CT molecular complexity index is 1440. The number of nitrogens with zero attached hydrogens (tertiary/aromatic N) is 5. The molecule has 0 saturated heterocycles. The van der Waals surface area contributed by atoms with Crippen molar-refractivity contribution in [2.45, 2.75) is 46.2 Å². The van der Waals surface area contributed by atoms with Crippen molar-refractivity contribution in [3.8, 4) is 0 Å². The lowest BCUT2D eigenvalue weighted by Crippen LogP contribution is -2.35. The molecule has 5 rings (SSSR count). The number of carbonyl (C=O) groups excluding carboxylic acids is 1. The molecular weight excluding hydrogens is 428 g/mol. The van der Waals surface area contributed by atoms with Crippen LogP contribution in [0.2, 0.25) is 0 Å². The number of hydrogen-bond donors (Lipinski definition) is 1. The van der Waals surface area contributed by atoms with E-state index >= 15 is 0 Å². The topological polar surface area (TPSA) is 84.5 Å². The van der Waals surface area contributed by atoms with Crippen LogP contribution in [0.25, 0.3) is 5.65 Å². The van der Waals surface area contributed by atoms with Crippen LogP contribution in [0.1, 0.15) is 42.1 Å². The molecule has 3 heterocycles. The first-order chi connectivity index (χ1) is 16.4. The Kier molecular flexibility index (Phi) is 5.65. The third-order valence-corrected chi connectivity index (χ3v) is 6.22. The van der Waals surface area contributed by atoms with E-state index in [2.05, 4.69) is 52.3 Å². The number of benzene rings is 2. The van der Waals surface area contributed by atoms with Crippen molar-refractivity contribution < 1.29 is 4.79 Å². The number of amides is 1. The largest absolute Gasteiger partial charge is 0.353 e. The van der Waals surface area contributed by atoms with Gasteiger partial charge in [0.05, 0.1) is 0 Å². The van der Waals surface area contributed by atoms with Crippen LogP contribution in [0.5, 0.6) is 0 Å². The quantitative estimate of drug-likeness (QED) is 0.497. The van der Waals surface area contributed by atoms with Gasteiger partial charge in [-0.15, -0.1) is 5.10 Å². The van der Waals surface area contributed by atoms with E-state index in [4.69, 9.17) is 0 Å². The van der Waals surface area contributed by atoms with Crippen LogP contribution in [0.4, 0.5) is 11.6 Å². The normalized spacial score (nSPS) is 13.4. The molecule has 8 heteroatoms. The van der Waals surface area contributed by atoms with Gasteiger partial charge in [-0.2, -0.15) is 0 Å². The van der Waals surface area contributed by atoms with Gasteiger partial charge in [0.2, 0.25) is 11.9 Å². The summed E-state index contributed by atoms with van der Waals surface area (Å²) in [6.45, 7) is 7.35. The van der Waals surface area contributed by atoms with E-state index in [1.165, 1.54) is 20.2 Å². The van der Waals surface area contributed by atoms with Gasteiger partial charge in [0.25, 0.3) is 0 Å². The highest BCUT2D eigenvalue weighted by Gasteiger charge is 2.23. The lowest BCUT2D eigenvalue weighted by atomic mass is 10.0. The number of rotatable bonds is 5. The van der Waals surface area contributed by atoms with Crippen molar-refractivity contribution in [2.75, 3.05) is 16.8 Å². The van der Waals surface area contributed by atoms with Crippen LogP contribution in [-0.4, -0.2) is 31.6 Å². The molecule has 0 unspecified atom stereocenters. The minimum absolute atomic E-state index is 0.173. The second-order valence-electron chi connectivity index (χ2n) is 9.10. The monoisotopic (exact) mass is 456 g/mol. The maximum absolute atomic E-state index is 13.3. The Labute approximate surface area is 197 Å². The molecular formula is C26H28N6O2. The van der Waals surface area contributed by atoms with Gasteiger partial charge in [0.15, 0.2) is 5.65 Å². The summed E-state index contributed by atoms with van der Waals surface area (Å²) < 4.78 is 2.72. The second-order valence-corrected chi connectivity index (χ2v) is 9.10. The average Bonchev–Trinajstić information content (AvgIpc) is 3.12. The number of anilines is 2. The Balaban J connectivity index is 1.43. The zero-order valence-electron chi connectivity index (χ0n) is 19.7. The molecule has 0 atom stereocenters. The first-order valence-electron chi connectivity index (χ1n) is 11.6. The maximum Gasteiger partial charge on any atom is 0.353 e. The lowest BCUT2D eigenvalue weighted by Gasteiger charge is -2.29. The fourth-order valence-electron chi connectivity index (χ4n) is 4.43. The number of hydrogen-bond acceptors (Lipinski definition) is 5. The van der Waals surface area contributed by atoms with Gasteiger partial charge in [0, 0.05) is 30.5 Å². The second kappa shape index (κ2) is 8.78. The molecule has 2 aromatic carbocycles. The van der Waals surface area contributed by atoms with E-state index in [0.29, 0.717) is 29.7 Å². The van der Waals surface area contributed by atoms with Gasteiger partial charge >= 0.3 is 5.69 Å². The van der Waals surface area contributed by atoms with Crippen LogP contribution in [-0.2, 0) is 24.3 Å². The van der Waals surface area contributed by atoms with Crippen LogP contribution < -0.4 is 15.9 Å². The summed E-state index contributed by atoms with van der Waals surface area (Å²) in [4.78, 5) is 32.8. The summed E-state index contributed by atoms with van der Waals surface area (Å²) in [7, 11) is 0. The molecule has 174 valence electrons. The van der Waals surface area contributed by atoms with Crippen molar-refractivity contribution in [3.05, 3.63) is 87.5 Å². The van der Waals surface area contributed by atoms with Gasteiger partial charge in [0.1, 0.15) is 6.54 Å². The van der Waals surface area contributed by atoms with E-state index in [1.54, 1.807) is 6.07 Å². The minimum Gasteiger partial charge on any atom is -0.337 e. The molecule has 1 aliphatic heterocycles. The molecule has 4 aromatic rings. The molecule has 0 bridgehead atoms. The van der Waals surface area contributed by atoms with Crippen molar-refractivity contribution in [3.63, 3.8) is 0 Å². The first kappa shape index (κ1) is 21.9. The van der Waals surface area contributed by atoms with Gasteiger partial charge in [-0.05, 0) is 48.1 Å². The SMILES string of the molecule is Cc1cc2nn(CC(=O)Nc3cccc(C(C)C)c3)c(=O)n2c(N2CCc3ccccc3C2)n1. The average molecular weight is 457 g/mol. The maximum atomic E-state index is 13.3. The fourth-order valence-corrected chi connectivity index (χ4v) is 4.43. The standard InChI is InChI=1S/C26H28N6O2/c1-17(2)20-9-6-10-22(14-20)28-24(33)16-31-26(34)32-23(29-31)13-18(3)27-25(32)30-12-11-19-7-4-5-8-21(19)15-30/h4-10,13-14,17H,11-12,15-16H2,1-3H3,(H,28,33). The molecule has 34 heavy (non-hydrogen) atoms. The molecule has 0 spiro atoms. The van der Waals surface area contributed by atoms with E-state index in [9.17, 15) is 9.59 Å². The number of nitrogens with one attached hydrogen (secondary N) is 1. The summed E-state index contributed by atoms with van der Waals surface area (Å²) >= 11 is 0. The highest BCUT2D eigenvalue weighted by atomic mass is 16.2. The van der Waals surface area contributed by atoms with E-state index < -0.39 is 0 Å². The molecule has 0 aliphatic carbocycles. The Morgan fingerprint density at radius 2 is 1.88 bits per heavy atom. The van der Waals surface area contributed by atoms with Crippen molar-refractivity contribution >= 4 is 23.2 Å². The fraction of sp³-hybridized carbons (Fsp3) is 0.308. The Hall–Kier alpha value is -3.94. The molecule has 1 N–H and O–H groups in total. The third kappa shape index (κ3) is 4.19. The zero-order chi connectivity index (χ0) is 23.8. The number of aryl methyl sites for hydroxylation is 1. The van der Waals surface area contributed by atoms with Crippen LogP contribution in [0, 0.1) is 6.92 Å². The van der Waals surface area contributed by atoms with Crippen LogP contribution >= 0.6 is 0 Å². The number of carbonyl (C=O) groups is 1. The number of aromatic nitrogens is 4. The smallest absolute Gasteiger partial charge is 0.337 e. The molecule has 1 amide bonds. The zero-order valence-corrected chi connectivity index (χ0v) is 19.7. The molecule has 8 nitrogen and oxygen atoms in total. The Morgan fingerprint density at radius 1 is 1.09 bits per heavy atom. The van der Waals surface area contributed by atoms with Crippen LogP contribution in [0.15, 0.2) is 59.4 Å². The number of fused-ring (bicyclic) bond motifs is 2. The third-order valence-electron chi connectivity index (χ3n) is 6.22. The molecule has 1 aliphatic rings. The summed E-state index contributed by atoms with van der Waals surface area (Å²) in [5, 5.41) is 7.32. The highest BCUT2D eigenvalue weighted by Crippen LogP contribution is 2.23. The van der Waals surface area contributed by atoms with Gasteiger partial charge in [-0.25, -0.2) is 18.9 Å². The molecule has 0 saturated carbocycles. The van der Waals surface area contributed by atoms with Crippen molar-refractivity contribution in [2.24, 2.45) is 0 Å². The predicted molar refractivity (Wildman–Crippen MR) is 132 cm³/mol. The van der Waals surface area contributed by atoms with Crippen LogP contribution in [0.3, 0.4) is 0 Å². The molecule has 0 fully saturated rings. The van der Waals surface area contributed by atoms with E-state index in [0.717, 1.165) is 24.2 Å². The molecule has 0 radical (unpaired) electrons. The summed E-state index contributed by atoms with van der Waals surface area (Å²) in [5.41, 5.74) is 5.28. The summed E-state index contributed by atoms with van der Waals surface area (Å²) in [6.07, 6.45) is 0.883. The van der Waals surface area contributed by atoms with E-state index in [1.807, 2.05) is 37.3 Å². The van der Waals surface area contributed by atoms with E-state index in [-0.39, 0.29) is 18.1 Å². The Morgan fingerprint density at radius 3 is 2.68 bits per heavy atom. The van der Waals surface area contributed by atoms with Gasteiger partial charge < -0.3 is 10.2 Å². The highest BCUT2D eigenvalue weighted by molar-refractivity contribution is 5.90.